The molecular weight excluding hydrogens is 236 g/mol. The van der Waals surface area contributed by atoms with E-state index in [-0.39, 0.29) is 0 Å². The van der Waals surface area contributed by atoms with Crippen LogP contribution in [0, 0.1) is 0 Å². The van der Waals surface area contributed by atoms with Crippen molar-refractivity contribution in [2.24, 2.45) is 0 Å². The molecule has 0 aromatic heterocycles. The number of hydrogen-bond acceptors (Lipinski definition) is 0. The summed E-state index contributed by atoms with van der Waals surface area (Å²) in [5, 5.41) is 2.68. The molecule has 1 heteroatoms. The number of halogens is 1. The molecular formula is C13H9Br. The SMILES string of the molecule is Brc1ccc2c(c1)=CC1=CCC=CC=21. The molecule has 0 unspecified atom stereocenters. The molecule has 0 N–H and O–H groups in total. The molecule has 0 atom stereocenters. The average Bonchev–Trinajstić information content (AvgIpc) is 2.54. The molecule has 1 aromatic rings. The highest BCUT2D eigenvalue weighted by atomic mass is 79.9. The first-order valence-electron chi connectivity index (χ1n) is 4.73. The highest BCUT2D eigenvalue weighted by molar-refractivity contribution is 9.10. The third kappa shape index (κ3) is 1.12. The van der Waals surface area contributed by atoms with E-state index in [4.69, 9.17) is 0 Å². The summed E-state index contributed by atoms with van der Waals surface area (Å²) in [6, 6.07) is 6.46. The van der Waals surface area contributed by atoms with Gasteiger partial charge in [-0.3, -0.25) is 0 Å². The Balaban J connectivity index is 2.45. The lowest BCUT2D eigenvalue weighted by molar-refractivity contribution is 1.35. The van der Waals surface area contributed by atoms with Crippen LogP contribution in [-0.4, -0.2) is 0 Å². The molecule has 0 bridgehead atoms. The van der Waals surface area contributed by atoms with Gasteiger partial charge in [0.2, 0.25) is 0 Å². The molecule has 0 radical (unpaired) electrons. The second kappa shape index (κ2) is 2.96. The van der Waals surface area contributed by atoms with Crippen LogP contribution in [0.2, 0.25) is 0 Å². The number of fused-ring (bicyclic) bond motifs is 2. The predicted octanol–water partition coefficient (Wildman–Crippen LogP) is 2.28. The molecule has 2 aliphatic carbocycles. The van der Waals surface area contributed by atoms with Gasteiger partial charge in [-0.1, -0.05) is 40.2 Å². The van der Waals surface area contributed by atoms with Crippen LogP contribution in [0.15, 0.2) is 46.5 Å². The lowest BCUT2D eigenvalue weighted by Gasteiger charge is -2.03. The standard InChI is InChI=1S/C13H9Br/c14-11-5-6-13-10(8-11)7-9-3-1-2-4-12(9)13/h2-8H,1H2. The zero-order valence-electron chi connectivity index (χ0n) is 7.63. The maximum Gasteiger partial charge on any atom is 0.0181 e. The second-order valence-corrected chi connectivity index (χ2v) is 4.50. The number of allylic oxidation sites excluding steroid dienone is 4. The Hall–Kier alpha value is -1.08. The third-order valence-corrected chi connectivity index (χ3v) is 3.18. The van der Waals surface area contributed by atoms with Gasteiger partial charge in [-0.2, -0.15) is 0 Å². The number of benzene rings is 1. The topological polar surface area (TPSA) is 0 Å². The lowest BCUT2D eigenvalue weighted by atomic mass is 10.0. The van der Waals surface area contributed by atoms with Crippen molar-refractivity contribution in [2.45, 2.75) is 6.42 Å². The average molecular weight is 245 g/mol. The fourth-order valence-electron chi connectivity index (χ4n) is 2.03. The molecule has 0 aliphatic heterocycles. The van der Waals surface area contributed by atoms with Crippen molar-refractivity contribution in [3.63, 3.8) is 0 Å². The van der Waals surface area contributed by atoms with Crippen LogP contribution in [0.5, 0.6) is 0 Å². The number of hydrogen-bond donors (Lipinski definition) is 0. The van der Waals surface area contributed by atoms with Crippen molar-refractivity contribution in [3.8, 4) is 0 Å². The molecule has 68 valence electrons. The van der Waals surface area contributed by atoms with E-state index in [1.807, 2.05) is 0 Å². The van der Waals surface area contributed by atoms with Crippen LogP contribution in [-0.2, 0) is 0 Å². The van der Waals surface area contributed by atoms with Crippen molar-refractivity contribution in [1.82, 2.24) is 0 Å². The van der Waals surface area contributed by atoms with Gasteiger partial charge in [-0.05, 0) is 46.2 Å². The van der Waals surface area contributed by atoms with Crippen molar-refractivity contribution >= 4 is 27.6 Å². The van der Waals surface area contributed by atoms with Crippen LogP contribution in [0.25, 0.3) is 11.6 Å². The molecule has 0 heterocycles. The summed E-state index contributed by atoms with van der Waals surface area (Å²) in [6.45, 7) is 0. The maximum absolute atomic E-state index is 3.50. The van der Waals surface area contributed by atoms with Gasteiger partial charge in [0.25, 0.3) is 0 Å². The monoisotopic (exact) mass is 244 g/mol. The van der Waals surface area contributed by atoms with E-state index in [0.29, 0.717) is 0 Å². The summed E-state index contributed by atoms with van der Waals surface area (Å²) >= 11 is 3.50. The zero-order chi connectivity index (χ0) is 9.54. The van der Waals surface area contributed by atoms with E-state index in [1.165, 1.54) is 21.6 Å². The Kier molecular flexibility index (Phi) is 1.74. The van der Waals surface area contributed by atoms with Crippen LogP contribution < -0.4 is 10.4 Å². The Morgan fingerprint density at radius 3 is 3.07 bits per heavy atom. The Labute approximate surface area is 91.1 Å². The Bertz CT molecular complexity index is 574. The summed E-state index contributed by atoms with van der Waals surface area (Å²) in [6.07, 6.45) is 10.0. The van der Waals surface area contributed by atoms with E-state index < -0.39 is 0 Å². The van der Waals surface area contributed by atoms with Crippen molar-refractivity contribution in [3.05, 3.63) is 56.9 Å². The molecule has 0 amide bonds. The first-order valence-corrected chi connectivity index (χ1v) is 5.52. The van der Waals surface area contributed by atoms with Gasteiger partial charge in [0, 0.05) is 4.47 Å². The van der Waals surface area contributed by atoms with E-state index in [1.54, 1.807) is 0 Å². The van der Waals surface area contributed by atoms with Gasteiger partial charge >= 0.3 is 0 Å². The fourth-order valence-corrected chi connectivity index (χ4v) is 2.41. The van der Waals surface area contributed by atoms with Crippen LogP contribution in [0.4, 0.5) is 0 Å². The van der Waals surface area contributed by atoms with Crippen LogP contribution in [0.3, 0.4) is 0 Å². The smallest absolute Gasteiger partial charge is 0.0181 e. The maximum atomic E-state index is 3.50. The summed E-state index contributed by atoms with van der Waals surface area (Å²) in [5.74, 6) is 0. The minimum atomic E-state index is 1.06. The van der Waals surface area contributed by atoms with Gasteiger partial charge in [-0.15, -0.1) is 0 Å². The minimum absolute atomic E-state index is 1.06. The number of rotatable bonds is 0. The van der Waals surface area contributed by atoms with Crippen LogP contribution >= 0.6 is 15.9 Å². The molecule has 0 nitrogen and oxygen atoms in total. The van der Waals surface area contributed by atoms with Gasteiger partial charge in [0.05, 0.1) is 0 Å². The summed E-state index contributed by atoms with van der Waals surface area (Å²) in [7, 11) is 0. The quantitative estimate of drug-likeness (QED) is 0.657. The Morgan fingerprint density at radius 2 is 2.14 bits per heavy atom. The minimum Gasteiger partial charge on any atom is -0.0801 e. The zero-order valence-corrected chi connectivity index (χ0v) is 9.21. The van der Waals surface area contributed by atoms with E-state index >= 15 is 0 Å². The predicted molar refractivity (Wildman–Crippen MR) is 63.1 cm³/mol. The molecule has 0 saturated heterocycles. The van der Waals surface area contributed by atoms with Gasteiger partial charge in [-0.25, -0.2) is 0 Å². The van der Waals surface area contributed by atoms with Crippen molar-refractivity contribution in [2.75, 3.05) is 0 Å². The van der Waals surface area contributed by atoms with Crippen molar-refractivity contribution in [1.29, 1.82) is 0 Å². The molecule has 0 spiro atoms. The van der Waals surface area contributed by atoms with Crippen molar-refractivity contribution < 1.29 is 0 Å². The molecule has 3 rings (SSSR count). The summed E-state index contributed by atoms with van der Waals surface area (Å²) in [5.41, 5.74) is 2.75. The van der Waals surface area contributed by atoms with E-state index in [2.05, 4.69) is 58.4 Å². The summed E-state index contributed by atoms with van der Waals surface area (Å²) in [4.78, 5) is 0. The summed E-state index contributed by atoms with van der Waals surface area (Å²) < 4.78 is 1.15. The first kappa shape index (κ1) is 8.25. The van der Waals surface area contributed by atoms with Gasteiger partial charge in [0.1, 0.15) is 0 Å². The van der Waals surface area contributed by atoms with Gasteiger partial charge in [0.15, 0.2) is 0 Å². The highest BCUT2D eigenvalue weighted by Crippen LogP contribution is 2.21. The molecule has 1 aromatic carbocycles. The molecule has 0 saturated carbocycles. The largest absolute Gasteiger partial charge is 0.0801 e. The Morgan fingerprint density at radius 1 is 1.21 bits per heavy atom. The normalized spacial score (nSPS) is 17.2. The van der Waals surface area contributed by atoms with Gasteiger partial charge < -0.3 is 0 Å². The fraction of sp³-hybridized carbons (Fsp3) is 0.0769. The first-order chi connectivity index (χ1) is 6.84. The lowest BCUT2D eigenvalue weighted by Crippen LogP contribution is -2.21. The van der Waals surface area contributed by atoms with E-state index in [0.717, 1.165) is 10.9 Å². The molecule has 14 heavy (non-hydrogen) atoms. The second-order valence-electron chi connectivity index (χ2n) is 3.59. The van der Waals surface area contributed by atoms with Crippen LogP contribution in [0.1, 0.15) is 6.42 Å². The third-order valence-electron chi connectivity index (χ3n) is 2.68. The molecule has 0 fully saturated rings. The van der Waals surface area contributed by atoms with E-state index in [9.17, 15) is 0 Å². The highest BCUT2D eigenvalue weighted by Gasteiger charge is 2.10. The molecule has 2 aliphatic rings.